The van der Waals surface area contributed by atoms with Crippen molar-refractivity contribution in [1.82, 2.24) is 19.4 Å². The van der Waals surface area contributed by atoms with Crippen LogP contribution in [-0.2, 0) is 7.05 Å². The molecule has 0 radical (unpaired) electrons. The van der Waals surface area contributed by atoms with Crippen molar-refractivity contribution in [2.75, 3.05) is 13.1 Å². The molecular formula is C18H19FN4O. The molecule has 2 aromatic heterocycles. The van der Waals surface area contributed by atoms with E-state index in [4.69, 9.17) is 0 Å². The number of carbonyl (C=O) groups is 1. The second kappa shape index (κ2) is 5.78. The second-order valence-corrected chi connectivity index (χ2v) is 6.42. The van der Waals surface area contributed by atoms with E-state index in [1.54, 1.807) is 17.1 Å². The van der Waals surface area contributed by atoms with Crippen LogP contribution < -0.4 is 0 Å². The molecule has 3 aromatic rings. The molecule has 24 heavy (non-hydrogen) atoms. The standard InChI is InChI=1S/C18H19FN4O/c1-22-10-17(21-11-22)18(24)23-6-4-12(5-7-23)15-9-20-16-8-13(19)2-3-14(15)16/h2-3,8-12,20H,4-7H2,1H3. The summed E-state index contributed by atoms with van der Waals surface area (Å²) in [6.45, 7) is 1.43. The first-order valence-corrected chi connectivity index (χ1v) is 8.15. The van der Waals surface area contributed by atoms with Crippen LogP contribution >= 0.6 is 0 Å². The predicted molar refractivity (Wildman–Crippen MR) is 89.3 cm³/mol. The van der Waals surface area contributed by atoms with Crippen LogP contribution in [0.3, 0.4) is 0 Å². The number of likely N-dealkylation sites (tertiary alicyclic amines) is 1. The van der Waals surface area contributed by atoms with Crippen molar-refractivity contribution in [1.29, 1.82) is 0 Å². The molecule has 1 aliphatic rings. The number of nitrogens with zero attached hydrogens (tertiary/aromatic N) is 3. The Labute approximate surface area is 139 Å². The van der Waals surface area contributed by atoms with Gasteiger partial charge in [-0.05, 0) is 42.5 Å². The summed E-state index contributed by atoms with van der Waals surface area (Å²) in [6.07, 6.45) is 7.19. The van der Waals surface area contributed by atoms with Crippen molar-refractivity contribution in [2.24, 2.45) is 7.05 Å². The van der Waals surface area contributed by atoms with Crippen LogP contribution in [0, 0.1) is 5.82 Å². The van der Waals surface area contributed by atoms with Crippen LogP contribution in [-0.4, -0.2) is 38.4 Å². The van der Waals surface area contributed by atoms with Gasteiger partial charge in [-0.3, -0.25) is 4.79 Å². The van der Waals surface area contributed by atoms with Gasteiger partial charge in [0, 0.05) is 43.4 Å². The minimum Gasteiger partial charge on any atom is -0.361 e. The van der Waals surface area contributed by atoms with E-state index in [-0.39, 0.29) is 11.7 Å². The lowest BCUT2D eigenvalue weighted by Crippen LogP contribution is -2.38. The summed E-state index contributed by atoms with van der Waals surface area (Å²) in [5.74, 6) is 0.152. The maximum absolute atomic E-state index is 13.3. The summed E-state index contributed by atoms with van der Waals surface area (Å²) in [5, 5.41) is 1.07. The number of piperidine rings is 1. The molecule has 1 aliphatic heterocycles. The number of benzene rings is 1. The normalized spacial score (nSPS) is 16.0. The van der Waals surface area contributed by atoms with E-state index >= 15 is 0 Å². The van der Waals surface area contributed by atoms with Crippen LogP contribution in [0.4, 0.5) is 4.39 Å². The van der Waals surface area contributed by atoms with Gasteiger partial charge in [0.05, 0.1) is 6.33 Å². The van der Waals surface area contributed by atoms with Crippen molar-refractivity contribution in [3.05, 3.63) is 54.0 Å². The fourth-order valence-electron chi connectivity index (χ4n) is 3.54. The van der Waals surface area contributed by atoms with E-state index in [0.29, 0.717) is 24.7 Å². The third-order valence-electron chi connectivity index (χ3n) is 4.82. The van der Waals surface area contributed by atoms with E-state index in [2.05, 4.69) is 9.97 Å². The number of H-pyrrole nitrogens is 1. The van der Waals surface area contributed by atoms with Crippen LogP contribution in [0.15, 0.2) is 36.9 Å². The molecule has 4 rings (SSSR count). The summed E-state index contributed by atoms with van der Waals surface area (Å²) in [5.41, 5.74) is 2.55. The van der Waals surface area contributed by atoms with Crippen LogP contribution in [0.25, 0.3) is 10.9 Å². The number of hydrogen-bond donors (Lipinski definition) is 1. The summed E-state index contributed by atoms with van der Waals surface area (Å²) in [4.78, 5) is 21.6. The average Bonchev–Trinajstić information content (AvgIpc) is 3.20. The monoisotopic (exact) mass is 326 g/mol. The Kier molecular flexibility index (Phi) is 3.59. The molecule has 3 heterocycles. The van der Waals surface area contributed by atoms with Gasteiger partial charge in [0.1, 0.15) is 11.5 Å². The third-order valence-corrected chi connectivity index (χ3v) is 4.82. The van der Waals surface area contributed by atoms with Crippen LogP contribution in [0.5, 0.6) is 0 Å². The smallest absolute Gasteiger partial charge is 0.274 e. The van der Waals surface area contributed by atoms with Gasteiger partial charge in [-0.1, -0.05) is 0 Å². The molecule has 1 N–H and O–H groups in total. The zero-order chi connectivity index (χ0) is 16.7. The van der Waals surface area contributed by atoms with Crippen molar-refractivity contribution in [2.45, 2.75) is 18.8 Å². The SMILES string of the molecule is Cn1cnc(C(=O)N2CCC(c3c[nH]c4cc(F)ccc34)CC2)c1. The minimum absolute atomic E-state index is 0.00459. The number of aryl methyl sites for hydroxylation is 1. The number of aromatic amines is 1. The maximum Gasteiger partial charge on any atom is 0.274 e. The van der Waals surface area contributed by atoms with Gasteiger partial charge < -0.3 is 14.5 Å². The highest BCUT2D eigenvalue weighted by molar-refractivity contribution is 5.92. The van der Waals surface area contributed by atoms with Gasteiger partial charge in [0.2, 0.25) is 0 Å². The Morgan fingerprint density at radius 2 is 2.12 bits per heavy atom. The van der Waals surface area contributed by atoms with Gasteiger partial charge in [-0.2, -0.15) is 0 Å². The molecule has 0 saturated carbocycles. The molecule has 5 nitrogen and oxygen atoms in total. The largest absolute Gasteiger partial charge is 0.361 e. The summed E-state index contributed by atoms with van der Waals surface area (Å²) in [6, 6.07) is 4.86. The highest BCUT2D eigenvalue weighted by Gasteiger charge is 2.26. The quantitative estimate of drug-likeness (QED) is 0.787. The average molecular weight is 326 g/mol. The lowest BCUT2D eigenvalue weighted by molar-refractivity contribution is 0.0708. The molecule has 0 atom stereocenters. The van der Waals surface area contributed by atoms with Crippen molar-refractivity contribution >= 4 is 16.8 Å². The molecular weight excluding hydrogens is 307 g/mol. The number of fused-ring (bicyclic) bond motifs is 1. The Morgan fingerprint density at radius 1 is 1.33 bits per heavy atom. The zero-order valence-corrected chi connectivity index (χ0v) is 13.5. The molecule has 0 aliphatic carbocycles. The van der Waals surface area contributed by atoms with Crippen LogP contribution in [0.1, 0.15) is 34.8 Å². The Hall–Kier alpha value is -2.63. The van der Waals surface area contributed by atoms with E-state index in [0.717, 1.165) is 23.7 Å². The number of rotatable bonds is 2. The van der Waals surface area contributed by atoms with E-state index in [1.165, 1.54) is 17.7 Å². The Bertz CT molecular complexity index is 889. The lowest BCUT2D eigenvalue weighted by atomic mass is 9.89. The number of halogens is 1. The molecule has 6 heteroatoms. The molecule has 0 bridgehead atoms. The van der Waals surface area contributed by atoms with Gasteiger partial charge >= 0.3 is 0 Å². The number of carbonyl (C=O) groups excluding carboxylic acids is 1. The molecule has 0 spiro atoms. The topological polar surface area (TPSA) is 53.9 Å². The molecule has 1 amide bonds. The van der Waals surface area contributed by atoms with Gasteiger partial charge in [0.15, 0.2) is 0 Å². The van der Waals surface area contributed by atoms with E-state index in [9.17, 15) is 9.18 Å². The summed E-state index contributed by atoms with van der Waals surface area (Å²) in [7, 11) is 1.86. The molecule has 1 saturated heterocycles. The first-order valence-electron chi connectivity index (χ1n) is 8.15. The minimum atomic E-state index is -0.230. The molecule has 124 valence electrons. The van der Waals surface area contributed by atoms with Gasteiger partial charge in [0.25, 0.3) is 5.91 Å². The summed E-state index contributed by atoms with van der Waals surface area (Å²) < 4.78 is 15.1. The van der Waals surface area contributed by atoms with Crippen molar-refractivity contribution in [3.8, 4) is 0 Å². The van der Waals surface area contributed by atoms with E-state index < -0.39 is 0 Å². The fraction of sp³-hybridized carbons (Fsp3) is 0.333. The molecule has 1 aromatic carbocycles. The Morgan fingerprint density at radius 3 is 2.83 bits per heavy atom. The summed E-state index contributed by atoms with van der Waals surface area (Å²) >= 11 is 0. The highest BCUT2D eigenvalue weighted by Crippen LogP contribution is 2.33. The predicted octanol–water partition coefficient (Wildman–Crippen LogP) is 3.06. The van der Waals surface area contributed by atoms with Crippen molar-refractivity contribution in [3.63, 3.8) is 0 Å². The third kappa shape index (κ3) is 2.58. The maximum atomic E-state index is 13.3. The van der Waals surface area contributed by atoms with Gasteiger partial charge in [-0.15, -0.1) is 0 Å². The number of hydrogen-bond acceptors (Lipinski definition) is 2. The fourth-order valence-corrected chi connectivity index (χ4v) is 3.54. The lowest BCUT2D eigenvalue weighted by Gasteiger charge is -2.31. The molecule has 1 fully saturated rings. The second-order valence-electron chi connectivity index (χ2n) is 6.42. The first kappa shape index (κ1) is 14.9. The van der Waals surface area contributed by atoms with Gasteiger partial charge in [-0.25, -0.2) is 9.37 Å². The Balaban J connectivity index is 1.48. The first-order chi connectivity index (χ1) is 11.6. The number of imidazole rings is 1. The van der Waals surface area contributed by atoms with Crippen molar-refractivity contribution < 1.29 is 9.18 Å². The van der Waals surface area contributed by atoms with E-state index in [1.807, 2.05) is 24.2 Å². The highest BCUT2D eigenvalue weighted by atomic mass is 19.1. The van der Waals surface area contributed by atoms with Crippen LogP contribution in [0.2, 0.25) is 0 Å². The number of nitrogens with one attached hydrogen (secondary N) is 1. The number of aromatic nitrogens is 3. The number of amides is 1. The zero-order valence-electron chi connectivity index (χ0n) is 13.5. The molecule has 0 unspecified atom stereocenters.